The second-order valence-corrected chi connectivity index (χ2v) is 1.33. The van der Waals surface area contributed by atoms with Crippen molar-refractivity contribution in [3.05, 3.63) is 5.82 Å². The van der Waals surface area contributed by atoms with E-state index in [1.165, 1.54) is 0 Å². The zero-order chi connectivity index (χ0) is 6.53. The van der Waals surface area contributed by atoms with Crippen molar-refractivity contribution in [1.29, 1.82) is 0 Å². The molecule has 0 fully saturated rings. The molecule has 0 unspecified atom stereocenters. The molecule has 2 N–H and O–H groups in total. The van der Waals surface area contributed by atoms with E-state index in [0.717, 1.165) is 0 Å². The molecule has 6 nitrogen and oxygen atoms in total. The fraction of sp³-hybridized carbons (Fsp3) is 0.333. The molecule has 0 radical (unpaired) electrons. The lowest BCUT2D eigenvalue weighted by atomic mass is 10.6. The van der Waals surface area contributed by atoms with Crippen LogP contribution in [0.3, 0.4) is 0 Å². The van der Waals surface area contributed by atoms with Crippen LogP contribution < -0.4 is 5.32 Å². The van der Waals surface area contributed by atoms with Crippen LogP contribution in [0, 0.1) is 0 Å². The SMILES string of the molecule is O=CNCc1nn[nH]n1. The standard InChI is InChI=1S/C3H5N5O/c9-2-4-1-3-5-7-8-6-3/h2H,1H2,(H,4,9)(H,5,6,7,8). The minimum Gasteiger partial charge on any atom is -0.351 e. The highest BCUT2D eigenvalue weighted by atomic mass is 16.1. The third-order valence-electron chi connectivity index (χ3n) is 0.733. The first-order valence-electron chi connectivity index (χ1n) is 2.33. The molecular weight excluding hydrogens is 122 g/mol. The average Bonchev–Trinajstić information content (AvgIpc) is 2.34. The first kappa shape index (κ1) is 5.67. The highest BCUT2D eigenvalue weighted by molar-refractivity contribution is 5.45. The molecule has 0 aliphatic heterocycles. The van der Waals surface area contributed by atoms with E-state index >= 15 is 0 Å². The van der Waals surface area contributed by atoms with Gasteiger partial charge in [-0.2, -0.15) is 5.21 Å². The first-order chi connectivity index (χ1) is 4.43. The predicted octanol–water partition coefficient (Wildman–Crippen LogP) is -1.55. The maximum Gasteiger partial charge on any atom is 0.207 e. The quantitative estimate of drug-likeness (QED) is 0.481. The average molecular weight is 127 g/mol. The third-order valence-corrected chi connectivity index (χ3v) is 0.733. The Balaban J connectivity index is 2.38. The molecule has 0 aliphatic rings. The zero-order valence-electron chi connectivity index (χ0n) is 4.53. The molecule has 0 aliphatic carbocycles. The molecule has 0 saturated carbocycles. The summed E-state index contributed by atoms with van der Waals surface area (Å²) in [7, 11) is 0. The molecule has 0 bridgehead atoms. The fourth-order valence-electron chi connectivity index (χ4n) is 0.390. The highest BCUT2D eigenvalue weighted by Gasteiger charge is 1.92. The van der Waals surface area contributed by atoms with Crippen molar-refractivity contribution in [2.75, 3.05) is 0 Å². The largest absolute Gasteiger partial charge is 0.351 e. The molecule has 0 spiro atoms. The van der Waals surface area contributed by atoms with Crippen molar-refractivity contribution in [3.8, 4) is 0 Å². The van der Waals surface area contributed by atoms with Gasteiger partial charge in [-0.25, -0.2) is 0 Å². The van der Waals surface area contributed by atoms with E-state index in [0.29, 0.717) is 18.8 Å². The maximum absolute atomic E-state index is 9.70. The summed E-state index contributed by atoms with van der Waals surface area (Å²) in [5.41, 5.74) is 0. The number of hydrogen-bond donors (Lipinski definition) is 2. The van der Waals surface area contributed by atoms with Gasteiger partial charge in [0.05, 0.1) is 6.54 Å². The summed E-state index contributed by atoms with van der Waals surface area (Å²) < 4.78 is 0. The van der Waals surface area contributed by atoms with Gasteiger partial charge in [-0.15, -0.1) is 10.2 Å². The van der Waals surface area contributed by atoms with Gasteiger partial charge in [0.2, 0.25) is 6.41 Å². The normalized spacial score (nSPS) is 8.89. The molecule has 0 saturated heterocycles. The van der Waals surface area contributed by atoms with Crippen molar-refractivity contribution in [3.63, 3.8) is 0 Å². The molecule has 1 amide bonds. The summed E-state index contributed by atoms with van der Waals surface area (Å²) in [6.07, 6.45) is 0.580. The first-order valence-corrected chi connectivity index (χ1v) is 2.33. The zero-order valence-corrected chi connectivity index (χ0v) is 4.53. The molecule has 0 atom stereocenters. The number of rotatable bonds is 3. The van der Waals surface area contributed by atoms with E-state index in [2.05, 4.69) is 25.9 Å². The summed E-state index contributed by atoms with van der Waals surface area (Å²) in [4.78, 5) is 9.70. The van der Waals surface area contributed by atoms with Crippen LogP contribution in [-0.4, -0.2) is 27.0 Å². The number of H-pyrrole nitrogens is 1. The lowest BCUT2D eigenvalue weighted by Gasteiger charge is -1.86. The highest BCUT2D eigenvalue weighted by Crippen LogP contribution is 1.77. The molecule has 0 aromatic carbocycles. The lowest BCUT2D eigenvalue weighted by molar-refractivity contribution is -0.109. The molecular formula is C3H5N5O. The summed E-state index contributed by atoms with van der Waals surface area (Å²) >= 11 is 0. The molecule has 48 valence electrons. The Kier molecular flexibility index (Phi) is 1.73. The number of tetrazole rings is 1. The number of amides is 1. The number of aromatic nitrogens is 4. The number of aromatic amines is 1. The minimum absolute atomic E-state index is 0.319. The Morgan fingerprint density at radius 1 is 1.78 bits per heavy atom. The van der Waals surface area contributed by atoms with Crippen LogP contribution in [0.25, 0.3) is 0 Å². The summed E-state index contributed by atoms with van der Waals surface area (Å²) in [6, 6.07) is 0. The van der Waals surface area contributed by atoms with Gasteiger partial charge < -0.3 is 5.32 Å². The fourth-order valence-corrected chi connectivity index (χ4v) is 0.390. The van der Waals surface area contributed by atoms with Crippen LogP contribution in [0.4, 0.5) is 0 Å². The third kappa shape index (κ3) is 1.48. The topological polar surface area (TPSA) is 83.6 Å². The van der Waals surface area contributed by atoms with Crippen LogP contribution in [-0.2, 0) is 11.3 Å². The van der Waals surface area contributed by atoms with Crippen LogP contribution in [0.15, 0.2) is 0 Å². The van der Waals surface area contributed by atoms with E-state index in [-0.39, 0.29) is 0 Å². The molecule has 1 heterocycles. The number of carbonyl (C=O) groups excluding carboxylic acids is 1. The summed E-state index contributed by atoms with van der Waals surface area (Å²) in [5, 5.41) is 15.1. The van der Waals surface area contributed by atoms with Crippen molar-refractivity contribution in [1.82, 2.24) is 25.9 Å². The van der Waals surface area contributed by atoms with Crippen LogP contribution in [0.1, 0.15) is 5.82 Å². The lowest BCUT2D eigenvalue weighted by Crippen LogP contribution is -2.10. The molecule has 1 rings (SSSR count). The van der Waals surface area contributed by atoms with Crippen molar-refractivity contribution < 1.29 is 4.79 Å². The smallest absolute Gasteiger partial charge is 0.207 e. The Bertz CT molecular complexity index is 170. The van der Waals surface area contributed by atoms with Gasteiger partial charge in [-0.1, -0.05) is 5.21 Å². The second-order valence-electron chi connectivity index (χ2n) is 1.33. The maximum atomic E-state index is 9.70. The van der Waals surface area contributed by atoms with Crippen molar-refractivity contribution in [2.45, 2.75) is 6.54 Å². The Morgan fingerprint density at radius 3 is 3.22 bits per heavy atom. The van der Waals surface area contributed by atoms with Crippen LogP contribution in [0.2, 0.25) is 0 Å². The van der Waals surface area contributed by atoms with Crippen molar-refractivity contribution in [2.24, 2.45) is 0 Å². The van der Waals surface area contributed by atoms with Gasteiger partial charge in [0, 0.05) is 0 Å². The second kappa shape index (κ2) is 2.75. The molecule has 1 aromatic rings. The van der Waals surface area contributed by atoms with Crippen molar-refractivity contribution >= 4 is 6.41 Å². The summed E-state index contributed by atoms with van der Waals surface area (Å²) in [6.45, 7) is 0.319. The van der Waals surface area contributed by atoms with E-state index in [1.54, 1.807) is 0 Å². The Morgan fingerprint density at radius 2 is 2.67 bits per heavy atom. The van der Waals surface area contributed by atoms with E-state index in [9.17, 15) is 4.79 Å². The Hall–Kier alpha value is -1.46. The van der Waals surface area contributed by atoms with Gasteiger partial charge in [0.25, 0.3) is 0 Å². The number of hydrogen-bond acceptors (Lipinski definition) is 4. The van der Waals surface area contributed by atoms with Gasteiger partial charge in [-0.05, 0) is 0 Å². The molecule has 1 aromatic heterocycles. The van der Waals surface area contributed by atoms with Gasteiger partial charge in [-0.3, -0.25) is 4.79 Å². The monoisotopic (exact) mass is 127 g/mol. The Labute approximate surface area is 50.6 Å². The summed E-state index contributed by atoms with van der Waals surface area (Å²) in [5.74, 6) is 0.474. The van der Waals surface area contributed by atoms with E-state index in [4.69, 9.17) is 0 Å². The van der Waals surface area contributed by atoms with E-state index < -0.39 is 0 Å². The van der Waals surface area contributed by atoms with Crippen LogP contribution in [0.5, 0.6) is 0 Å². The number of nitrogens with zero attached hydrogens (tertiary/aromatic N) is 3. The van der Waals surface area contributed by atoms with E-state index in [1.807, 2.05) is 0 Å². The predicted molar refractivity (Wildman–Crippen MR) is 27.1 cm³/mol. The molecule has 6 heteroatoms. The van der Waals surface area contributed by atoms with Crippen LogP contribution >= 0.6 is 0 Å². The van der Waals surface area contributed by atoms with Gasteiger partial charge in [0.1, 0.15) is 0 Å². The number of carbonyl (C=O) groups is 1. The van der Waals surface area contributed by atoms with Gasteiger partial charge >= 0.3 is 0 Å². The number of nitrogens with one attached hydrogen (secondary N) is 2. The minimum atomic E-state index is 0.319. The molecule has 9 heavy (non-hydrogen) atoms. The van der Waals surface area contributed by atoms with Gasteiger partial charge in [0.15, 0.2) is 5.82 Å².